The Morgan fingerprint density at radius 3 is 2.24 bits per heavy atom. The highest BCUT2D eigenvalue weighted by atomic mass is 35.5. The Kier molecular flexibility index (Phi) is 6.02. The van der Waals surface area contributed by atoms with Gasteiger partial charge in [0.05, 0.1) is 0 Å². The lowest BCUT2D eigenvalue weighted by molar-refractivity contribution is 0.0773. The van der Waals surface area contributed by atoms with Gasteiger partial charge < -0.3 is 4.90 Å². The summed E-state index contributed by atoms with van der Waals surface area (Å²) in [5.74, 6) is -1.07. The van der Waals surface area contributed by atoms with Crippen molar-refractivity contribution in [2.75, 3.05) is 17.8 Å². The zero-order valence-corrected chi connectivity index (χ0v) is 15.4. The maximum Gasteiger partial charge on any atom is 0.264 e. The highest BCUT2D eigenvalue weighted by molar-refractivity contribution is 7.92. The van der Waals surface area contributed by atoms with E-state index in [-0.39, 0.29) is 16.6 Å². The van der Waals surface area contributed by atoms with Gasteiger partial charge in [0.2, 0.25) is 0 Å². The van der Waals surface area contributed by atoms with Crippen LogP contribution in [0.3, 0.4) is 0 Å². The first-order valence-corrected chi connectivity index (χ1v) is 9.51. The summed E-state index contributed by atoms with van der Waals surface area (Å²) in [4.78, 5) is 13.4. The second-order valence-electron chi connectivity index (χ2n) is 5.24. The van der Waals surface area contributed by atoms with Crippen LogP contribution in [0.1, 0.15) is 24.2 Å². The fourth-order valence-electron chi connectivity index (χ4n) is 2.28. The molecule has 0 aromatic heterocycles. The van der Waals surface area contributed by atoms with Gasteiger partial charge in [0.1, 0.15) is 10.7 Å². The molecule has 1 amide bonds. The molecule has 0 bridgehead atoms. The topological polar surface area (TPSA) is 66.5 Å². The van der Waals surface area contributed by atoms with E-state index in [1.54, 1.807) is 4.90 Å². The molecule has 0 aliphatic rings. The van der Waals surface area contributed by atoms with Crippen LogP contribution in [-0.4, -0.2) is 32.3 Å². The summed E-state index contributed by atoms with van der Waals surface area (Å²) in [5.41, 5.74) is 0.676. The summed E-state index contributed by atoms with van der Waals surface area (Å²) in [6, 6.07) is 9.29. The van der Waals surface area contributed by atoms with E-state index >= 15 is 0 Å². The Hall–Kier alpha value is -2.12. The van der Waals surface area contributed by atoms with Gasteiger partial charge in [0.15, 0.2) is 0 Å². The van der Waals surface area contributed by atoms with Crippen molar-refractivity contribution >= 4 is 33.2 Å². The first-order chi connectivity index (χ1) is 11.8. The van der Waals surface area contributed by atoms with E-state index < -0.39 is 20.7 Å². The van der Waals surface area contributed by atoms with E-state index in [0.717, 1.165) is 12.1 Å². The van der Waals surface area contributed by atoms with Crippen LogP contribution in [0.4, 0.5) is 10.1 Å². The molecule has 1 N–H and O–H groups in total. The summed E-state index contributed by atoms with van der Waals surface area (Å²) in [7, 11) is -4.10. The average Bonchev–Trinajstić information content (AvgIpc) is 2.55. The van der Waals surface area contributed by atoms with E-state index in [1.165, 1.54) is 30.3 Å². The molecule has 0 saturated heterocycles. The van der Waals surface area contributed by atoms with Gasteiger partial charge in [0, 0.05) is 29.4 Å². The lowest BCUT2D eigenvalue weighted by Crippen LogP contribution is -2.30. The standard InChI is InChI=1S/C17H18ClFN2O3S/c1-3-21(4-2)17(22)12-5-8-14(9-6-12)20-25(23,24)16-10-7-13(18)11-15(16)19/h5-11,20H,3-4H2,1-2H3. The second-order valence-corrected chi connectivity index (χ2v) is 7.32. The number of nitrogens with zero attached hydrogens (tertiary/aromatic N) is 1. The Bertz CT molecular complexity index is 866. The van der Waals surface area contributed by atoms with Crippen LogP contribution >= 0.6 is 11.6 Å². The van der Waals surface area contributed by atoms with Crippen molar-refractivity contribution in [3.63, 3.8) is 0 Å². The number of hydrogen-bond donors (Lipinski definition) is 1. The summed E-state index contributed by atoms with van der Waals surface area (Å²) in [5, 5.41) is 0.107. The number of nitrogens with one attached hydrogen (secondary N) is 1. The maximum atomic E-state index is 13.8. The molecule has 0 spiro atoms. The van der Waals surface area contributed by atoms with Crippen LogP contribution in [0.15, 0.2) is 47.4 Å². The van der Waals surface area contributed by atoms with Crippen LogP contribution in [0.2, 0.25) is 5.02 Å². The average molecular weight is 385 g/mol. The van der Waals surface area contributed by atoms with Gasteiger partial charge >= 0.3 is 0 Å². The normalized spacial score (nSPS) is 11.2. The van der Waals surface area contributed by atoms with Gasteiger partial charge in [0.25, 0.3) is 15.9 Å². The van der Waals surface area contributed by atoms with Gasteiger partial charge in [-0.2, -0.15) is 0 Å². The summed E-state index contributed by atoms with van der Waals surface area (Å²) in [6.07, 6.45) is 0. The van der Waals surface area contributed by atoms with Crippen molar-refractivity contribution in [2.24, 2.45) is 0 Å². The van der Waals surface area contributed by atoms with Gasteiger partial charge in [-0.1, -0.05) is 11.6 Å². The molecule has 0 saturated carbocycles. The van der Waals surface area contributed by atoms with Crippen molar-refractivity contribution in [3.8, 4) is 0 Å². The molecule has 2 rings (SSSR count). The largest absolute Gasteiger partial charge is 0.339 e. The third-order valence-corrected chi connectivity index (χ3v) is 5.27. The number of carbonyl (C=O) groups is 1. The molecule has 8 heteroatoms. The Balaban J connectivity index is 2.22. The molecular formula is C17H18ClFN2O3S. The number of hydrogen-bond acceptors (Lipinski definition) is 3. The number of benzene rings is 2. The number of anilines is 1. The first kappa shape index (κ1) is 19.2. The summed E-state index contributed by atoms with van der Waals surface area (Å²) >= 11 is 5.63. The third-order valence-electron chi connectivity index (χ3n) is 3.62. The Morgan fingerprint density at radius 1 is 1.12 bits per heavy atom. The second kappa shape index (κ2) is 7.84. The lowest BCUT2D eigenvalue weighted by Gasteiger charge is -2.18. The number of amides is 1. The zero-order valence-electron chi connectivity index (χ0n) is 13.8. The molecule has 25 heavy (non-hydrogen) atoms. The van der Waals surface area contributed by atoms with E-state index in [4.69, 9.17) is 11.6 Å². The predicted molar refractivity (Wildman–Crippen MR) is 95.9 cm³/mol. The van der Waals surface area contributed by atoms with Gasteiger partial charge in [-0.05, 0) is 56.3 Å². The van der Waals surface area contributed by atoms with Crippen LogP contribution in [-0.2, 0) is 10.0 Å². The van der Waals surface area contributed by atoms with Crippen LogP contribution < -0.4 is 4.72 Å². The van der Waals surface area contributed by atoms with Crippen molar-refractivity contribution in [1.82, 2.24) is 4.90 Å². The first-order valence-electron chi connectivity index (χ1n) is 7.65. The Labute approximate surface area is 151 Å². The number of rotatable bonds is 6. The minimum atomic E-state index is -4.10. The van der Waals surface area contributed by atoms with Gasteiger partial charge in [-0.15, -0.1) is 0 Å². The molecule has 0 atom stereocenters. The smallest absolute Gasteiger partial charge is 0.264 e. The van der Waals surface area contributed by atoms with Gasteiger partial charge in [-0.3, -0.25) is 9.52 Å². The highest BCUT2D eigenvalue weighted by Crippen LogP contribution is 2.22. The lowest BCUT2D eigenvalue weighted by atomic mass is 10.2. The van der Waals surface area contributed by atoms with E-state index in [9.17, 15) is 17.6 Å². The quantitative estimate of drug-likeness (QED) is 0.824. The van der Waals surface area contributed by atoms with Crippen molar-refractivity contribution in [2.45, 2.75) is 18.7 Å². The fourth-order valence-corrected chi connectivity index (χ4v) is 3.56. The molecule has 0 aliphatic carbocycles. The monoisotopic (exact) mass is 384 g/mol. The van der Waals surface area contributed by atoms with Crippen LogP contribution in [0.5, 0.6) is 0 Å². The molecule has 0 radical (unpaired) electrons. The number of halogens is 2. The molecule has 134 valence electrons. The van der Waals surface area contributed by atoms with Gasteiger partial charge in [-0.25, -0.2) is 12.8 Å². The van der Waals surface area contributed by atoms with E-state index in [1.807, 2.05) is 13.8 Å². The number of sulfonamides is 1. The summed E-state index contributed by atoms with van der Waals surface area (Å²) in [6.45, 7) is 4.92. The van der Waals surface area contributed by atoms with E-state index in [0.29, 0.717) is 18.7 Å². The molecule has 0 aliphatic heterocycles. The van der Waals surface area contributed by atoms with Crippen molar-refractivity contribution < 1.29 is 17.6 Å². The minimum absolute atomic E-state index is 0.107. The Morgan fingerprint density at radius 2 is 1.72 bits per heavy atom. The molecule has 2 aromatic rings. The molecule has 2 aromatic carbocycles. The minimum Gasteiger partial charge on any atom is -0.339 e. The zero-order chi connectivity index (χ0) is 18.6. The molecule has 0 unspecified atom stereocenters. The highest BCUT2D eigenvalue weighted by Gasteiger charge is 2.20. The molecule has 0 heterocycles. The third kappa shape index (κ3) is 4.49. The fraction of sp³-hybridized carbons (Fsp3) is 0.235. The maximum absolute atomic E-state index is 13.8. The summed E-state index contributed by atoms with van der Waals surface area (Å²) < 4.78 is 40.7. The predicted octanol–water partition coefficient (Wildman–Crippen LogP) is 3.76. The van der Waals surface area contributed by atoms with Crippen molar-refractivity contribution in [1.29, 1.82) is 0 Å². The van der Waals surface area contributed by atoms with E-state index in [2.05, 4.69) is 4.72 Å². The van der Waals surface area contributed by atoms with Crippen LogP contribution in [0, 0.1) is 5.82 Å². The van der Waals surface area contributed by atoms with Crippen LogP contribution in [0.25, 0.3) is 0 Å². The van der Waals surface area contributed by atoms with Crippen molar-refractivity contribution in [3.05, 3.63) is 58.9 Å². The molecule has 0 fully saturated rings. The SMILES string of the molecule is CCN(CC)C(=O)c1ccc(NS(=O)(=O)c2ccc(Cl)cc2F)cc1. The molecule has 5 nitrogen and oxygen atoms in total. The number of carbonyl (C=O) groups excluding carboxylic acids is 1. The molecular weight excluding hydrogens is 367 g/mol.